The van der Waals surface area contributed by atoms with E-state index in [0.29, 0.717) is 30.3 Å². The summed E-state index contributed by atoms with van der Waals surface area (Å²) in [6.07, 6.45) is 0. The number of hydrogen-bond donors (Lipinski definition) is 2. The van der Waals surface area contributed by atoms with Crippen molar-refractivity contribution in [3.05, 3.63) is 63.3 Å². The highest BCUT2D eigenvalue weighted by Gasteiger charge is 2.39. The van der Waals surface area contributed by atoms with Crippen LogP contribution in [0.15, 0.2) is 29.1 Å². The standard InChI is InChI=1S/C20H23FN8O3/c1-20(2)19-23-15(17(31)22-10-12-4-6-13(21)7-5-12)16(30)18(32)29(19)9-8-28(20)11-14-24-26-27(3)25-14/h4-7,30H,8-11H2,1-3H3,(H,22,31). The minimum Gasteiger partial charge on any atom is -0.501 e. The monoisotopic (exact) mass is 442 g/mol. The minimum absolute atomic E-state index is 0.0898. The Morgan fingerprint density at radius 3 is 2.62 bits per heavy atom. The molecule has 0 unspecified atom stereocenters. The number of fused-ring (bicyclic) bond motifs is 1. The Bertz CT molecular complexity index is 1220. The SMILES string of the molecule is Cn1nnc(CN2CCn3c(nc(C(=O)NCc4ccc(F)cc4)c(O)c3=O)C2(C)C)n1. The molecule has 11 nitrogen and oxygen atoms in total. The number of nitrogens with one attached hydrogen (secondary N) is 1. The minimum atomic E-state index is -0.754. The molecule has 168 valence electrons. The molecule has 12 heteroatoms. The average Bonchev–Trinajstić information content (AvgIpc) is 3.16. The first-order chi connectivity index (χ1) is 15.2. The smallest absolute Gasteiger partial charge is 0.296 e. The van der Waals surface area contributed by atoms with Crippen LogP contribution in [0.25, 0.3) is 0 Å². The number of nitrogens with zero attached hydrogens (tertiary/aromatic N) is 7. The number of aryl methyl sites for hydroxylation is 1. The highest BCUT2D eigenvalue weighted by Crippen LogP contribution is 2.31. The Morgan fingerprint density at radius 2 is 1.97 bits per heavy atom. The fraction of sp³-hybridized carbons (Fsp3) is 0.400. The van der Waals surface area contributed by atoms with E-state index in [1.54, 1.807) is 7.05 Å². The molecule has 0 bridgehead atoms. The van der Waals surface area contributed by atoms with E-state index < -0.39 is 22.8 Å². The van der Waals surface area contributed by atoms with Crippen LogP contribution in [0.4, 0.5) is 4.39 Å². The zero-order chi connectivity index (χ0) is 23.0. The summed E-state index contributed by atoms with van der Waals surface area (Å²) in [5.41, 5.74) is -1.11. The summed E-state index contributed by atoms with van der Waals surface area (Å²) in [6, 6.07) is 5.63. The molecular weight excluding hydrogens is 419 g/mol. The lowest BCUT2D eigenvalue weighted by atomic mass is 9.98. The second kappa shape index (κ2) is 8.11. The molecule has 32 heavy (non-hydrogen) atoms. The van der Waals surface area contributed by atoms with E-state index >= 15 is 0 Å². The van der Waals surface area contributed by atoms with Crippen LogP contribution in [0.2, 0.25) is 0 Å². The molecule has 1 aliphatic heterocycles. The van der Waals surface area contributed by atoms with Gasteiger partial charge in [-0.2, -0.15) is 4.80 Å². The number of aromatic nitrogens is 6. The molecule has 3 heterocycles. The zero-order valence-corrected chi connectivity index (χ0v) is 17.9. The van der Waals surface area contributed by atoms with Crippen molar-refractivity contribution in [3.63, 3.8) is 0 Å². The van der Waals surface area contributed by atoms with Crippen molar-refractivity contribution in [2.24, 2.45) is 7.05 Å². The molecule has 1 aliphatic rings. The number of carbonyl (C=O) groups excluding carboxylic acids is 1. The summed E-state index contributed by atoms with van der Waals surface area (Å²) in [7, 11) is 1.67. The third kappa shape index (κ3) is 3.96. The fourth-order valence-corrected chi connectivity index (χ4v) is 3.72. The van der Waals surface area contributed by atoms with E-state index in [9.17, 15) is 19.1 Å². The Morgan fingerprint density at radius 1 is 1.25 bits per heavy atom. The van der Waals surface area contributed by atoms with Crippen molar-refractivity contribution < 1.29 is 14.3 Å². The van der Waals surface area contributed by atoms with Gasteiger partial charge in [-0.25, -0.2) is 9.37 Å². The highest BCUT2D eigenvalue weighted by atomic mass is 19.1. The summed E-state index contributed by atoms with van der Waals surface area (Å²) >= 11 is 0. The van der Waals surface area contributed by atoms with E-state index in [2.05, 4.69) is 25.7 Å². The molecule has 2 aromatic heterocycles. The van der Waals surface area contributed by atoms with E-state index in [-0.39, 0.29) is 24.6 Å². The summed E-state index contributed by atoms with van der Waals surface area (Å²) in [5.74, 6) is -0.915. The summed E-state index contributed by atoms with van der Waals surface area (Å²) < 4.78 is 14.4. The van der Waals surface area contributed by atoms with Crippen LogP contribution in [0.3, 0.4) is 0 Å². The molecule has 0 saturated carbocycles. The summed E-state index contributed by atoms with van der Waals surface area (Å²) in [4.78, 5) is 33.3. The molecule has 2 N–H and O–H groups in total. The lowest BCUT2D eigenvalue weighted by Crippen LogP contribution is -2.52. The Hall–Kier alpha value is -3.67. The second-order valence-corrected chi connectivity index (χ2v) is 8.07. The molecule has 0 spiro atoms. The molecule has 3 aromatic rings. The number of halogens is 1. The molecule has 0 aliphatic carbocycles. The molecule has 1 aromatic carbocycles. The van der Waals surface area contributed by atoms with Crippen molar-refractivity contribution in [2.45, 2.75) is 39.0 Å². The van der Waals surface area contributed by atoms with Gasteiger partial charge in [-0.3, -0.25) is 19.1 Å². The van der Waals surface area contributed by atoms with Crippen LogP contribution in [0.1, 0.15) is 41.5 Å². The number of hydrogen-bond acceptors (Lipinski definition) is 8. The van der Waals surface area contributed by atoms with Crippen LogP contribution in [-0.2, 0) is 32.2 Å². The van der Waals surface area contributed by atoms with E-state index in [0.717, 1.165) is 0 Å². The molecule has 0 fully saturated rings. The number of amides is 1. The maximum atomic E-state index is 13.1. The third-order valence-corrected chi connectivity index (χ3v) is 5.54. The number of carbonyl (C=O) groups is 1. The number of aromatic hydroxyl groups is 1. The molecule has 4 rings (SSSR count). The van der Waals surface area contributed by atoms with Gasteiger partial charge in [0.2, 0.25) is 5.75 Å². The topological polar surface area (TPSA) is 131 Å². The van der Waals surface area contributed by atoms with Gasteiger partial charge in [-0.05, 0) is 36.8 Å². The summed E-state index contributed by atoms with van der Waals surface area (Å²) in [5, 5.41) is 25.0. The van der Waals surface area contributed by atoms with Gasteiger partial charge in [0.15, 0.2) is 11.5 Å². The van der Waals surface area contributed by atoms with Crippen LogP contribution >= 0.6 is 0 Å². The number of rotatable bonds is 5. The Labute approximate surface area is 182 Å². The van der Waals surface area contributed by atoms with Crippen molar-refractivity contribution in [2.75, 3.05) is 6.54 Å². The first kappa shape index (κ1) is 21.6. The van der Waals surface area contributed by atoms with E-state index in [1.807, 2.05) is 18.7 Å². The Kier molecular flexibility index (Phi) is 5.46. The summed E-state index contributed by atoms with van der Waals surface area (Å²) in [6.45, 7) is 5.00. The van der Waals surface area contributed by atoms with Crippen LogP contribution in [0, 0.1) is 5.82 Å². The predicted molar refractivity (Wildman–Crippen MR) is 110 cm³/mol. The molecule has 0 saturated heterocycles. The third-order valence-electron chi connectivity index (χ3n) is 5.54. The fourth-order valence-electron chi connectivity index (χ4n) is 3.72. The lowest BCUT2D eigenvalue weighted by Gasteiger charge is -2.42. The van der Waals surface area contributed by atoms with Gasteiger partial charge in [-0.15, -0.1) is 10.2 Å². The first-order valence-corrected chi connectivity index (χ1v) is 10.0. The molecule has 1 amide bonds. The lowest BCUT2D eigenvalue weighted by molar-refractivity contribution is 0.0623. The maximum Gasteiger partial charge on any atom is 0.296 e. The molecule has 0 atom stereocenters. The molecule has 0 radical (unpaired) electrons. The van der Waals surface area contributed by atoms with E-state index in [1.165, 1.54) is 33.6 Å². The van der Waals surface area contributed by atoms with Gasteiger partial charge in [0, 0.05) is 19.6 Å². The average molecular weight is 442 g/mol. The molecular formula is C20H23FN8O3. The van der Waals surface area contributed by atoms with Crippen molar-refractivity contribution in [3.8, 4) is 5.75 Å². The quantitative estimate of drug-likeness (QED) is 0.577. The van der Waals surface area contributed by atoms with Gasteiger partial charge < -0.3 is 10.4 Å². The number of tetrazole rings is 1. The number of benzene rings is 1. The van der Waals surface area contributed by atoms with Crippen molar-refractivity contribution in [1.82, 2.24) is 40.0 Å². The van der Waals surface area contributed by atoms with Gasteiger partial charge >= 0.3 is 0 Å². The largest absolute Gasteiger partial charge is 0.501 e. The van der Waals surface area contributed by atoms with Gasteiger partial charge in [0.25, 0.3) is 11.5 Å². The van der Waals surface area contributed by atoms with Crippen LogP contribution in [0.5, 0.6) is 5.75 Å². The first-order valence-electron chi connectivity index (χ1n) is 10.0. The van der Waals surface area contributed by atoms with Gasteiger partial charge in [0.05, 0.1) is 19.1 Å². The van der Waals surface area contributed by atoms with E-state index in [4.69, 9.17) is 0 Å². The van der Waals surface area contributed by atoms with Crippen LogP contribution < -0.4 is 10.9 Å². The maximum absolute atomic E-state index is 13.1. The Balaban J connectivity index is 1.61. The van der Waals surface area contributed by atoms with Gasteiger partial charge in [0.1, 0.15) is 11.6 Å². The van der Waals surface area contributed by atoms with Crippen LogP contribution in [-0.4, -0.2) is 52.2 Å². The normalized spacial score (nSPS) is 15.4. The van der Waals surface area contributed by atoms with Gasteiger partial charge in [-0.1, -0.05) is 12.1 Å². The second-order valence-electron chi connectivity index (χ2n) is 8.07. The van der Waals surface area contributed by atoms with Crippen molar-refractivity contribution in [1.29, 1.82) is 0 Å². The zero-order valence-electron chi connectivity index (χ0n) is 17.9. The highest BCUT2D eigenvalue weighted by molar-refractivity contribution is 5.94. The van der Waals surface area contributed by atoms with Crippen molar-refractivity contribution >= 4 is 5.91 Å². The predicted octanol–water partition coefficient (Wildman–Crippen LogP) is 0.292.